The monoisotopic (exact) mass is 332 g/mol. The molecule has 0 spiro atoms. The van der Waals surface area contributed by atoms with Gasteiger partial charge in [-0.15, -0.1) is 0 Å². The largest absolute Gasteiger partial charge is 0.452 e. The van der Waals surface area contributed by atoms with Crippen LogP contribution in [0, 0.1) is 5.92 Å². The maximum absolute atomic E-state index is 12.0. The molecule has 0 aliphatic heterocycles. The minimum Gasteiger partial charge on any atom is -0.452 e. The number of rotatable bonds is 5. The third kappa shape index (κ3) is 5.37. The van der Waals surface area contributed by atoms with E-state index in [1.807, 2.05) is 0 Å². The lowest BCUT2D eigenvalue weighted by Crippen LogP contribution is -2.42. The van der Waals surface area contributed by atoms with E-state index in [0.717, 1.165) is 19.3 Å². The van der Waals surface area contributed by atoms with Crippen molar-refractivity contribution in [3.05, 3.63) is 29.8 Å². The first-order valence-corrected chi connectivity index (χ1v) is 8.30. The van der Waals surface area contributed by atoms with Crippen molar-refractivity contribution in [3.8, 4) is 0 Å². The summed E-state index contributed by atoms with van der Waals surface area (Å²) >= 11 is 0. The van der Waals surface area contributed by atoms with Gasteiger partial charge in [-0.05, 0) is 37.0 Å². The highest BCUT2D eigenvalue weighted by molar-refractivity contribution is 5.94. The second kappa shape index (κ2) is 8.47. The van der Waals surface area contributed by atoms with Crippen LogP contribution in [0.5, 0.6) is 0 Å². The zero-order chi connectivity index (χ0) is 17.5. The zero-order valence-corrected chi connectivity index (χ0v) is 14.1. The minimum absolute atomic E-state index is 0.160. The van der Waals surface area contributed by atoms with Gasteiger partial charge in [-0.2, -0.15) is 0 Å². The quantitative estimate of drug-likeness (QED) is 0.811. The summed E-state index contributed by atoms with van der Waals surface area (Å²) in [6.45, 7) is 3.22. The first-order valence-electron chi connectivity index (χ1n) is 8.30. The second-order valence-corrected chi connectivity index (χ2v) is 6.27. The average molecular weight is 332 g/mol. The van der Waals surface area contributed by atoms with Crippen LogP contribution in [-0.4, -0.2) is 30.4 Å². The highest BCUT2D eigenvalue weighted by Gasteiger charge is 2.23. The Morgan fingerprint density at radius 1 is 1.21 bits per heavy atom. The van der Waals surface area contributed by atoms with Crippen molar-refractivity contribution >= 4 is 23.5 Å². The van der Waals surface area contributed by atoms with Crippen molar-refractivity contribution in [3.63, 3.8) is 0 Å². The van der Waals surface area contributed by atoms with Crippen molar-refractivity contribution in [2.75, 3.05) is 11.9 Å². The van der Waals surface area contributed by atoms with Crippen LogP contribution in [-0.2, 0) is 14.3 Å². The minimum atomic E-state index is -0.589. The molecule has 0 radical (unpaired) electrons. The molecule has 2 amide bonds. The van der Waals surface area contributed by atoms with E-state index in [9.17, 15) is 14.4 Å². The summed E-state index contributed by atoms with van der Waals surface area (Å²) in [5.41, 5.74) is 0.803. The van der Waals surface area contributed by atoms with E-state index in [1.165, 1.54) is 19.4 Å². The van der Waals surface area contributed by atoms with Crippen LogP contribution in [0.15, 0.2) is 24.3 Å². The van der Waals surface area contributed by atoms with Gasteiger partial charge < -0.3 is 15.4 Å². The van der Waals surface area contributed by atoms with E-state index in [4.69, 9.17) is 4.74 Å². The van der Waals surface area contributed by atoms with E-state index < -0.39 is 5.97 Å². The number of carbonyl (C=O) groups is 3. The second-order valence-electron chi connectivity index (χ2n) is 6.27. The van der Waals surface area contributed by atoms with E-state index in [0.29, 0.717) is 17.2 Å². The molecule has 2 atom stereocenters. The van der Waals surface area contributed by atoms with Crippen LogP contribution in [0.2, 0.25) is 0 Å². The molecule has 0 saturated heterocycles. The van der Waals surface area contributed by atoms with Crippen LogP contribution >= 0.6 is 0 Å². The molecule has 1 fully saturated rings. The topological polar surface area (TPSA) is 84.5 Å². The van der Waals surface area contributed by atoms with Gasteiger partial charge in [0.1, 0.15) is 0 Å². The fourth-order valence-corrected chi connectivity index (χ4v) is 2.92. The fourth-order valence-electron chi connectivity index (χ4n) is 2.92. The van der Waals surface area contributed by atoms with Crippen LogP contribution in [0.1, 0.15) is 49.9 Å². The van der Waals surface area contributed by atoms with Gasteiger partial charge in [0.25, 0.3) is 5.91 Å². The predicted molar refractivity (Wildman–Crippen MR) is 90.6 cm³/mol. The van der Waals surface area contributed by atoms with E-state index >= 15 is 0 Å². The number of benzene rings is 1. The van der Waals surface area contributed by atoms with Gasteiger partial charge in [-0.25, -0.2) is 4.79 Å². The number of hydrogen-bond donors (Lipinski definition) is 2. The Kier molecular flexibility index (Phi) is 6.35. The number of anilines is 1. The molecule has 130 valence electrons. The summed E-state index contributed by atoms with van der Waals surface area (Å²) in [4.78, 5) is 35.0. The molecule has 1 aliphatic rings. The summed E-state index contributed by atoms with van der Waals surface area (Å²) in [6, 6.07) is 6.58. The smallest absolute Gasteiger partial charge is 0.338 e. The van der Waals surface area contributed by atoms with Crippen molar-refractivity contribution < 1.29 is 19.1 Å². The van der Waals surface area contributed by atoms with Gasteiger partial charge in [-0.1, -0.05) is 25.8 Å². The number of hydrogen-bond acceptors (Lipinski definition) is 4. The Balaban J connectivity index is 1.83. The van der Waals surface area contributed by atoms with E-state index in [-0.39, 0.29) is 24.5 Å². The first kappa shape index (κ1) is 18.0. The van der Waals surface area contributed by atoms with Crippen LogP contribution in [0.4, 0.5) is 5.69 Å². The maximum Gasteiger partial charge on any atom is 0.338 e. The van der Waals surface area contributed by atoms with Crippen LogP contribution in [0.25, 0.3) is 0 Å². The Hall–Kier alpha value is -2.37. The molecule has 2 N–H and O–H groups in total. The van der Waals surface area contributed by atoms with Gasteiger partial charge in [0.15, 0.2) is 6.61 Å². The Bertz CT molecular complexity index is 615. The molecule has 0 unspecified atom stereocenters. The lowest BCUT2D eigenvalue weighted by molar-refractivity contribution is -0.125. The third-order valence-corrected chi connectivity index (χ3v) is 4.21. The molecule has 0 heterocycles. The van der Waals surface area contributed by atoms with Crippen LogP contribution in [0.3, 0.4) is 0 Å². The normalized spacial score (nSPS) is 20.1. The van der Waals surface area contributed by atoms with Crippen molar-refractivity contribution in [2.24, 2.45) is 5.92 Å². The SMILES string of the molecule is CC(=O)Nc1cccc(C(=O)OCC(=O)N[C@@H]2CCCC[C@@H]2C)c1. The maximum atomic E-state index is 12.0. The molecule has 6 heteroatoms. The van der Waals surface area contributed by atoms with Gasteiger partial charge in [0.05, 0.1) is 5.56 Å². The standard InChI is InChI=1S/C18H24N2O4/c1-12-6-3-4-9-16(12)20-17(22)11-24-18(23)14-7-5-8-15(10-14)19-13(2)21/h5,7-8,10,12,16H,3-4,6,9,11H2,1-2H3,(H,19,21)(H,20,22)/t12-,16+/m0/s1. The molecule has 1 aromatic rings. The zero-order valence-electron chi connectivity index (χ0n) is 14.1. The lowest BCUT2D eigenvalue weighted by atomic mass is 9.86. The molecule has 1 aromatic carbocycles. The highest BCUT2D eigenvalue weighted by atomic mass is 16.5. The summed E-state index contributed by atoms with van der Waals surface area (Å²) in [6.07, 6.45) is 4.40. The summed E-state index contributed by atoms with van der Waals surface area (Å²) in [5, 5.41) is 5.54. The molecule has 1 aliphatic carbocycles. The lowest BCUT2D eigenvalue weighted by Gasteiger charge is -2.29. The summed E-state index contributed by atoms with van der Waals surface area (Å²) in [5.74, 6) is -0.636. The first-order chi connectivity index (χ1) is 11.5. The number of esters is 1. The number of nitrogens with one attached hydrogen (secondary N) is 2. The summed E-state index contributed by atoms with van der Waals surface area (Å²) < 4.78 is 5.06. The molecule has 0 aromatic heterocycles. The van der Waals surface area contributed by atoms with Crippen LogP contribution < -0.4 is 10.6 Å². The number of carbonyl (C=O) groups excluding carboxylic acids is 3. The molecule has 6 nitrogen and oxygen atoms in total. The third-order valence-electron chi connectivity index (χ3n) is 4.21. The predicted octanol–water partition coefficient (Wildman–Crippen LogP) is 2.50. The van der Waals surface area contributed by atoms with Gasteiger partial charge >= 0.3 is 5.97 Å². The molecular weight excluding hydrogens is 308 g/mol. The van der Waals surface area contributed by atoms with E-state index in [2.05, 4.69) is 17.6 Å². The van der Waals surface area contributed by atoms with Crippen molar-refractivity contribution in [2.45, 2.75) is 45.6 Å². The Morgan fingerprint density at radius 3 is 2.67 bits per heavy atom. The van der Waals surface area contributed by atoms with Crippen molar-refractivity contribution in [1.29, 1.82) is 0 Å². The summed E-state index contributed by atoms with van der Waals surface area (Å²) in [7, 11) is 0. The van der Waals surface area contributed by atoms with Gasteiger partial charge in [0, 0.05) is 18.7 Å². The Labute approximate surface area is 142 Å². The van der Waals surface area contributed by atoms with Crippen molar-refractivity contribution in [1.82, 2.24) is 5.32 Å². The molecule has 0 bridgehead atoms. The molecule has 1 saturated carbocycles. The molecule has 24 heavy (non-hydrogen) atoms. The number of ether oxygens (including phenoxy) is 1. The Morgan fingerprint density at radius 2 is 1.96 bits per heavy atom. The van der Waals surface area contributed by atoms with E-state index in [1.54, 1.807) is 18.2 Å². The molecular formula is C18H24N2O4. The fraction of sp³-hybridized carbons (Fsp3) is 0.500. The molecule has 2 rings (SSSR count). The average Bonchev–Trinajstić information content (AvgIpc) is 2.54. The van der Waals surface area contributed by atoms with Gasteiger partial charge in [0.2, 0.25) is 5.91 Å². The van der Waals surface area contributed by atoms with Gasteiger partial charge in [-0.3, -0.25) is 9.59 Å². The number of amides is 2. The highest BCUT2D eigenvalue weighted by Crippen LogP contribution is 2.23.